The summed E-state index contributed by atoms with van der Waals surface area (Å²) in [4.78, 5) is 0. The average molecular weight is 266 g/mol. The summed E-state index contributed by atoms with van der Waals surface area (Å²) < 4.78 is 5.40. The average Bonchev–Trinajstić information content (AvgIpc) is 2.37. The van der Waals surface area contributed by atoms with Gasteiger partial charge in [0.05, 0.1) is 0 Å². The molecule has 0 aromatic heterocycles. The maximum atomic E-state index is 6.45. The maximum absolute atomic E-state index is 6.45. The third-order valence-corrected chi connectivity index (χ3v) is 4.81. The van der Waals surface area contributed by atoms with Gasteiger partial charge in [-0.25, -0.2) is 0 Å². The minimum Gasteiger partial charge on any atom is -0.381 e. The molecule has 2 N–H and O–H groups in total. The zero-order chi connectivity index (χ0) is 12.6. The van der Waals surface area contributed by atoms with Gasteiger partial charge in [-0.1, -0.05) is 23.7 Å². The van der Waals surface area contributed by atoms with Crippen molar-refractivity contribution < 1.29 is 4.74 Å². The van der Waals surface area contributed by atoms with E-state index in [0.29, 0.717) is 5.92 Å². The summed E-state index contributed by atoms with van der Waals surface area (Å²) >= 11 is 6.45. The number of benzene rings is 1. The summed E-state index contributed by atoms with van der Waals surface area (Å²) in [5, 5.41) is 0.885. The van der Waals surface area contributed by atoms with Crippen LogP contribution in [0, 0.1) is 0 Å². The number of hydrogen-bond acceptors (Lipinski definition) is 2. The molecule has 1 saturated carbocycles. The van der Waals surface area contributed by atoms with Crippen LogP contribution in [0.4, 0.5) is 0 Å². The fraction of sp³-hybridized carbons (Fsp3) is 0.600. The molecule has 0 spiro atoms. The molecule has 0 bridgehead atoms. The van der Waals surface area contributed by atoms with Crippen molar-refractivity contribution >= 4 is 11.6 Å². The Bertz CT molecular complexity index is 436. The van der Waals surface area contributed by atoms with E-state index >= 15 is 0 Å². The lowest BCUT2D eigenvalue weighted by Gasteiger charge is -2.39. The highest BCUT2D eigenvalue weighted by molar-refractivity contribution is 6.31. The SMILES string of the molecule is NC1(c2ccc(C3CCOCC3)c(Cl)c2)CCC1. The van der Waals surface area contributed by atoms with Crippen molar-refractivity contribution in [2.75, 3.05) is 13.2 Å². The molecule has 98 valence electrons. The Morgan fingerprint density at radius 2 is 1.94 bits per heavy atom. The second kappa shape index (κ2) is 4.84. The van der Waals surface area contributed by atoms with E-state index in [9.17, 15) is 0 Å². The summed E-state index contributed by atoms with van der Waals surface area (Å²) in [6.07, 6.45) is 5.55. The first-order valence-corrected chi connectivity index (χ1v) is 7.23. The number of halogens is 1. The zero-order valence-electron chi connectivity index (χ0n) is 10.6. The van der Waals surface area contributed by atoms with Crippen molar-refractivity contribution in [1.29, 1.82) is 0 Å². The molecule has 2 nitrogen and oxygen atoms in total. The van der Waals surface area contributed by atoms with E-state index in [1.165, 1.54) is 17.5 Å². The summed E-state index contributed by atoms with van der Waals surface area (Å²) in [5.41, 5.74) is 8.70. The Morgan fingerprint density at radius 1 is 1.22 bits per heavy atom. The van der Waals surface area contributed by atoms with E-state index in [4.69, 9.17) is 22.1 Å². The Hall–Kier alpha value is -0.570. The largest absolute Gasteiger partial charge is 0.381 e. The van der Waals surface area contributed by atoms with Gasteiger partial charge in [0.25, 0.3) is 0 Å². The fourth-order valence-electron chi connectivity index (χ4n) is 3.02. The van der Waals surface area contributed by atoms with Gasteiger partial charge in [-0.05, 0) is 55.2 Å². The van der Waals surface area contributed by atoms with Crippen LogP contribution in [0.3, 0.4) is 0 Å². The highest BCUT2D eigenvalue weighted by Gasteiger charge is 2.34. The van der Waals surface area contributed by atoms with E-state index in [0.717, 1.165) is 43.9 Å². The Morgan fingerprint density at radius 3 is 2.50 bits per heavy atom. The lowest BCUT2D eigenvalue weighted by molar-refractivity contribution is 0.0853. The first-order valence-electron chi connectivity index (χ1n) is 6.86. The first kappa shape index (κ1) is 12.5. The van der Waals surface area contributed by atoms with Crippen molar-refractivity contribution in [2.24, 2.45) is 5.73 Å². The first-order chi connectivity index (χ1) is 8.69. The van der Waals surface area contributed by atoms with Gasteiger partial charge in [0.2, 0.25) is 0 Å². The number of rotatable bonds is 2. The summed E-state index contributed by atoms with van der Waals surface area (Å²) in [6, 6.07) is 6.45. The molecule has 18 heavy (non-hydrogen) atoms. The van der Waals surface area contributed by atoms with E-state index in [1.54, 1.807) is 0 Å². The number of hydrogen-bond donors (Lipinski definition) is 1. The lowest BCUT2D eigenvalue weighted by atomic mass is 9.72. The van der Waals surface area contributed by atoms with Gasteiger partial charge in [-0.15, -0.1) is 0 Å². The van der Waals surface area contributed by atoms with Gasteiger partial charge >= 0.3 is 0 Å². The minimum absolute atomic E-state index is 0.113. The third kappa shape index (κ3) is 2.18. The molecule has 0 unspecified atom stereocenters. The van der Waals surface area contributed by atoms with Crippen LogP contribution < -0.4 is 5.73 Å². The van der Waals surface area contributed by atoms with Gasteiger partial charge in [-0.2, -0.15) is 0 Å². The molecule has 1 aliphatic heterocycles. The van der Waals surface area contributed by atoms with Crippen LogP contribution in [-0.4, -0.2) is 13.2 Å². The fourth-order valence-corrected chi connectivity index (χ4v) is 3.36. The smallest absolute Gasteiger partial charge is 0.0471 e. The van der Waals surface area contributed by atoms with Gasteiger partial charge in [-0.3, -0.25) is 0 Å². The van der Waals surface area contributed by atoms with Crippen molar-refractivity contribution in [3.8, 4) is 0 Å². The zero-order valence-corrected chi connectivity index (χ0v) is 11.4. The highest BCUT2D eigenvalue weighted by atomic mass is 35.5. The van der Waals surface area contributed by atoms with Crippen molar-refractivity contribution in [2.45, 2.75) is 43.6 Å². The molecule has 2 fully saturated rings. The maximum Gasteiger partial charge on any atom is 0.0471 e. The molecule has 3 rings (SSSR count). The number of nitrogens with two attached hydrogens (primary N) is 1. The molecule has 0 amide bonds. The second-order valence-electron chi connectivity index (χ2n) is 5.63. The van der Waals surface area contributed by atoms with Gasteiger partial charge in [0.1, 0.15) is 0 Å². The molecular formula is C15H20ClNO. The quantitative estimate of drug-likeness (QED) is 0.887. The van der Waals surface area contributed by atoms with Crippen LogP contribution in [-0.2, 0) is 10.3 Å². The molecule has 1 aromatic rings. The topological polar surface area (TPSA) is 35.2 Å². The number of ether oxygens (including phenoxy) is 1. The Labute approximate surface area is 113 Å². The van der Waals surface area contributed by atoms with Crippen LogP contribution in [0.25, 0.3) is 0 Å². The van der Waals surface area contributed by atoms with Crippen LogP contribution in [0.5, 0.6) is 0 Å². The van der Waals surface area contributed by atoms with Crippen LogP contribution in [0.1, 0.15) is 49.1 Å². The Kier molecular flexibility index (Phi) is 3.35. The molecule has 0 radical (unpaired) electrons. The van der Waals surface area contributed by atoms with Crippen molar-refractivity contribution in [3.05, 3.63) is 34.3 Å². The van der Waals surface area contributed by atoms with Crippen LogP contribution >= 0.6 is 11.6 Å². The third-order valence-electron chi connectivity index (χ3n) is 4.48. The van der Waals surface area contributed by atoms with E-state index in [-0.39, 0.29) is 5.54 Å². The second-order valence-corrected chi connectivity index (χ2v) is 6.04. The van der Waals surface area contributed by atoms with Crippen LogP contribution in [0.15, 0.2) is 18.2 Å². The van der Waals surface area contributed by atoms with Gasteiger partial charge in [0, 0.05) is 23.8 Å². The summed E-state index contributed by atoms with van der Waals surface area (Å²) in [6.45, 7) is 1.70. The van der Waals surface area contributed by atoms with E-state index in [1.807, 2.05) is 0 Å². The molecule has 1 aromatic carbocycles. The molecule has 3 heteroatoms. The van der Waals surface area contributed by atoms with Crippen molar-refractivity contribution in [1.82, 2.24) is 0 Å². The monoisotopic (exact) mass is 265 g/mol. The highest BCUT2D eigenvalue weighted by Crippen LogP contribution is 2.41. The van der Waals surface area contributed by atoms with Gasteiger partial charge < -0.3 is 10.5 Å². The molecule has 0 atom stereocenters. The van der Waals surface area contributed by atoms with E-state index in [2.05, 4.69) is 18.2 Å². The normalized spacial score (nSPS) is 23.7. The summed E-state index contributed by atoms with van der Waals surface area (Å²) in [5.74, 6) is 0.551. The molecular weight excluding hydrogens is 246 g/mol. The lowest BCUT2D eigenvalue weighted by Crippen LogP contribution is -2.43. The standard InChI is InChI=1S/C15H20ClNO/c16-14-10-12(15(17)6-1-7-15)2-3-13(14)11-4-8-18-9-5-11/h2-3,10-11H,1,4-9,17H2. The molecule has 1 saturated heterocycles. The molecule has 1 heterocycles. The summed E-state index contributed by atoms with van der Waals surface area (Å²) in [7, 11) is 0. The predicted molar refractivity (Wildman–Crippen MR) is 74.0 cm³/mol. The molecule has 1 aliphatic carbocycles. The Balaban J connectivity index is 1.84. The van der Waals surface area contributed by atoms with Crippen LogP contribution in [0.2, 0.25) is 5.02 Å². The van der Waals surface area contributed by atoms with Crippen molar-refractivity contribution in [3.63, 3.8) is 0 Å². The predicted octanol–water partition coefficient (Wildman–Crippen LogP) is 3.57. The molecule has 2 aliphatic rings. The van der Waals surface area contributed by atoms with E-state index < -0.39 is 0 Å². The van der Waals surface area contributed by atoms with Gasteiger partial charge in [0.15, 0.2) is 0 Å². The minimum atomic E-state index is -0.113.